The lowest BCUT2D eigenvalue weighted by Gasteiger charge is -2.08. The molecule has 0 aliphatic rings. The second-order valence-electron chi connectivity index (χ2n) is 5.74. The zero-order valence-corrected chi connectivity index (χ0v) is 14.7. The Labute approximate surface area is 155 Å². The molecule has 4 aromatic rings. The maximum absolute atomic E-state index is 9.91. The number of anilines is 2. The highest BCUT2D eigenvalue weighted by Crippen LogP contribution is 2.29. The maximum atomic E-state index is 9.91. The number of phenolic OH excluding ortho intramolecular Hbond substituents is 1. The van der Waals surface area contributed by atoms with Gasteiger partial charge in [0.05, 0.1) is 31.5 Å². The van der Waals surface area contributed by atoms with Crippen LogP contribution in [-0.2, 0) is 0 Å². The van der Waals surface area contributed by atoms with Gasteiger partial charge in [-0.1, -0.05) is 0 Å². The summed E-state index contributed by atoms with van der Waals surface area (Å²) in [7, 11) is 3.12. The van der Waals surface area contributed by atoms with Gasteiger partial charge in [0, 0.05) is 18.0 Å². The molecule has 0 atom stereocenters. The fourth-order valence-corrected chi connectivity index (χ4v) is 2.69. The van der Waals surface area contributed by atoms with Gasteiger partial charge in [-0.25, -0.2) is 9.67 Å². The van der Waals surface area contributed by atoms with E-state index >= 15 is 0 Å². The van der Waals surface area contributed by atoms with E-state index in [2.05, 4.69) is 20.4 Å². The van der Waals surface area contributed by atoms with E-state index in [1.54, 1.807) is 42.4 Å². The molecule has 2 heterocycles. The molecule has 8 heteroatoms. The molecule has 0 aliphatic carbocycles. The van der Waals surface area contributed by atoms with Crippen LogP contribution in [0.4, 0.5) is 11.6 Å². The highest BCUT2D eigenvalue weighted by atomic mass is 16.5. The Morgan fingerprint density at radius 3 is 2.52 bits per heavy atom. The van der Waals surface area contributed by atoms with Crippen LogP contribution in [0.25, 0.3) is 16.7 Å². The number of methoxy groups -OCH3 is 2. The van der Waals surface area contributed by atoms with E-state index < -0.39 is 0 Å². The third kappa shape index (κ3) is 3.20. The molecule has 0 saturated carbocycles. The van der Waals surface area contributed by atoms with Gasteiger partial charge in [-0.2, -0.15) is 10.1 Å². The second kappa shape index (κ2) is 6.83. The van der Waals surface area contributed by atoms with Crippen molar-refractivity contribution in [1.29, 1.82) is 0 Å². The number of rotatable bonds is 5. The van der Waals surface area contributed by atoms with Gasteiger partial charge in [0.15, 0.2) is 17.1 Å². The van der Waals surface area contributed by atoms with E-state index in [1.807, 2.05) is 24.3 Å². The van der Waals surface area contributed by atoms with Crippen molar-refractivity contribution >= 4 is 22.7 Å². The number of hydrogen-bond donors (Lipinski definition) is 2. The molecule has 0 bridgehead atoms. The molecule has 27 heavy (non-hydrogen) atoms. The number of fused-ring (bicyclic) bond motifs is 1. The third-order valence-electron chi connectivity index (χ3n) is 4.06. The Morgan fingerprint density at radius 1 is 1.00 bits per heavy atom. The van der Waals surface area contributed by atoms with Crippen LogP contribution in [0.15, 0.2) is 54.9 Å². The zero-order valence-electron chi connectivity index (χ0n) is 14.7. The molecule has 0 saturated heterocycles. The van der Waals surface area contributed by atoms with Gasteiger partial charge >= 0.3 is 0 Å². The molecule has 2 aromatic heterocycles. The Bertz CT molecular complexity index is 1090. The molecule has 2 N–H and O–H groups in total. The van der Waals surface area contributed by atoms with Crippen molar-refractivity contribution in [1.82, 2.24) is 19.7 Å². The first kappa shape index (κ1) is 16.6. The first-order valence-electron chi connectivity index (χ1n) is 8.17. The molecule has 0 fully saturated rings. The van der Waals surface area contributed by atoms with Crippen molar-refractivity contribution < 1.29 is 14.6 Å². The van der Waals surface area contributed by atoms with Crippen molar-refractivity contribution in [2.45, 2.75) is 0 Å². The predicted octanol–water partition coefficient (Wildman–Crippen LogP) is 3.28. The predicted molar refractivity (Wildman–Crippen MR) is 101 cm³/mol. The van der Waals surface area contributed by atoms with Gasteiger partial charge in [0.1, 0.15) is 5.75 Å². The molecule has 0 amide bonds. The quantitative estimate of drug-likeness (QED) is 0.562. The number of aromatic nitrogens is 4. The van der Waals surface area contributed by atoms with E-state index in [0.717, 1.165) is 16.8 Å². The van der Waals surface area contributed by atoms with Crippen molar-refractivity contribution in [3.63, 3.8) is 0 Å². The van der Waals surface area contributed by atoms with E-state index in [4.69, 9.17) is 9.47 Å². The molecule has 136 valence electrons. The summed E-state index contributed by atoms with van der Waals surface area (Å²) in [6.45, 7) is 0. The van der Waals surface area contributed by atoms with Gasteiger partial charge in [0.2, 0.25) is 5.95 Å². The lowest BCUT2D eigenvalue weighted by molar-refractivity contribution is 0.373. The molecule has 0 unspecified atom stereocenters. The number of nitrogens with one attached hydrogen (secondary N) is 1. The van der Waals surface area contributed by atoms with Crippen LogP contribution in [0.1, 0.15) is 0 Å². The van der Waals surface area contributed by atoms with Crippen LogP contribution in [-0.4, -0.2) is 39.1 Å². The van der Waals surface area contributed by atoms with Gasteiger partial charge < -0.3 is 19.9 Å². The standard InChI is InChI=1S/C19H17N5O3/c1-26-15-6-4-14(5-7-15)24-18-12(11-21-24)10-20-19(23-18)22-13-3-8-17(27-2)16(25)9-13/h3-11,25H,1-2H3,(H,20,22,23). The lowest BCUT2D eigenvalue weighted by Crippen LogP contribution is -2.01. The zero-order chi connectivity index (χ0) is 18.8. The normalized spacial score (nSPS) is 10.7. The highest BCUT2D eigenvalue weighted by Gasteiger charge is 2.10. The summed E-state index contributed by atoms with van der Waals surface area (Å²) in [4.78, 5) is 8.86. The summed E-state index contributed by atoms with van der Waals surface area (Å²) in [5.74, 6) is 1.59. The monoisotopic (exact) mass is 363 g/mol. The van der Waals surface area contributed by atoms with E-state index in [9.17, 15) is 5.11 Å². The van der Waals surface area contributed by atoms with Crippen LogP contribution in [0.5, 0.6) is 17.2 Å². The van der Waals surface area contributed by atoms with Crippen molar-refractivity contribution in [3.05, 3.63) is 54.9 Å². The summed E-state index contributed by atoms with van der Waals surface area (Å²) in [6.07, 6.45) is 3.41. The number of nitrogens with zero attached hydrogens (tertiary/aromatic N) is 4. The topological polar surface area (TPSA) is 94.3 Å². The van der Waals surface area contributed by atoms with Gasteiger partial charge in [-0.15, -0.1) is 0 Å². The Hall–Kier alpha value is -3.81. The maximum Gasteiger partial charge on any atom is 0.229 e. The fraction of sp³-hybridized carbons (Fsp3) is 0.105. The summed E-state index contributed by atoms with van der Waals surface area (Å²) < 4.78 is 12.0. The van der Waals surface area contributed by atoms with Crippen LogP contribution in [0, 0.1) is 0 Å². The van der Waals surface area contributed by atoms with Gasteiger partial charge in [-0.3, -0.25) is 0 Å². The molecule has 8 nitrogen and oxygen atoms in total. The summed E-state index contributed by atoms with van der Waals surface area (Å²) in [6, 6.07) is 12.5. The van der Waals surface area contributed by atoms with E-state index in [-0.39, 0.29) is 5.75 Å². The molecule has 2 aromatic carbocycles. The molecule has 4 rings (SSSR count). The lowest BCUT2D eigenvalue weighted by atomic mass is 10.3. The van der Waals surface area contributed by atoms with Crippen LogP contribution in [0.3, 0.4) is 0 Å². The van der Waals surface area contributed by atoms with Crippen molar-refractivity contribution in [2.75, 3.05) is 19.5 Å². The first-order chi connectivity index (χ1) is 13.2. The first-order valence-corrected chi connectivity index (χ1v) is 8.17. The summed E-state index contributed by atoms with van der Waals surface area (Å²) in [5, 5.41) is 18.2. The molecule has 0 radical (unpaired) electrons. The molecule has 0 spiro atoms. The Kier molecular flexibility index (Phi) is 4.21. The van der Waals surface area contributed by atoms with Crippen molar-refractivity contribution in [2.24, 2.45) is 0 Å². The average molecular weight is 363 g/mol. The Morgan fingerprint density at radius 2 is 1.81 bits per heavy atom. The number of benzene rings is 2. The second-order valence-corrected chi connectivity index (χ2v) is 5.74. The minimum atomic E-state index is 0.0341. The molecular formula is C19H17N5O3. The van der Waals surface area contributed by atoms with Crippen LogP contribution in [0.2, 0.25) is 0 Å². The minimum Gasteiger partial charge on any atom is -0.504 e. The average Bonchev–Trinajstić information content (AvgIpc) is 3.11. The summed E-state index contributed by atoms with van der Waals surface area (Å²) >= 11 is 0. The van der Waals surface area contributed by atoms with Crippen LogP contribution >= 0.6 is 0 Å². The highest BCUT2D eigenvalue weighted by molar-refractivity contribution is 5.77. The van der Waals surface area contributed by atoms with Gasteiger partial charge in [0.25, 0.3) is 0 Å². The number of ether oxygens (including phenoxy) is 2. The summed E-state index contributed by atoms with van der Waals surface area (Å²) in [5.41, 5.74) is 2.16. The number of phenols is 1. The largest absolute Gasteiger partial charge is 0.504 e. The van der Waals surface area contributed by atoms with Crippen molar-refractivity contribution in [3.8, 4) is 22.9 Å². The third-order valence-corrected chi connectivity index (χ3v) is 4.06. The molecular weight excluding hydrogens is 346 g/mol. The molecule has 0 aliphatic heterocycles. The Balaban J connectivity index is 1.68. The van der Waals surface area contributed by atoms with Gasteiger partial charge in [-0.05, 0) is 36.4 Å². The van der Waals surface area contributed by atoms with E-state index in [0.29, 0.717) is 23.0 Å². The smallest absolute Gasteiger partial charge is 0.229 e. The van der Waals surface area contributed by atoms with E-state index in [1.165, 1.54) is 7.11 Å². The minimum absolute atomic E-state index is 0.0341. The number of hydrogen-bond acceptors (Lipinski definition) is 7. The fourth-order valence-electron chi connectivity index (χ4n) is 2.69. The van der Waals surface area contributed by atoms with Crippen LogP contribution < -0.4 is 14.8 Å². The SMILES string of the molecule is COc1ccc(-n2ncc3cnc(Nc4ccc(OC)c(O)c4)nc32)cc1. The number of aromatic hydroxyl groups is 1.